The van der Waals surface area contributed by atoms with Crippen molar-refractivity contribution in [2.45, 2.75) is 119 Å². The van der Waals surface area contributed by atoms with Crippen LogP contribution in [0.5, 0.6) is 0 Å². The lowest BCUT2D eigenvalue weighted by Gasteiger charge is -2.61. The van der Waals surface area contributed by atoms with Crippen molar-refractivity contribution in [3.05, 3.63) is 11.6 Å². The molecule has 0 aromatic rings. The van der Waals surface area contributed by atoms with Crippen molar-refractivity contribution in [3.8, 4) is 0 Å². The highest BCUT2D eigenvalue weighted by Gasteiger charge is 2.61. The van der Waals surface area contributed by atoms with E-state index in [4.69, 9.17) is 0 Å². The van der Waals surface area contributed by atoms with Gasteiger partial charge in [0.25, 0.3) is 0 Å². The van der Waals surface area contributed by atoms with Crippen molar-refractivity contribution in [3.63, 3.8) is 0 Å². The highest BCUT2D eigenvalue weighted by Crippen LogP contribution is 2.68. The molecular formula is C29H50O. The third-order valence-corrected chi connectivity index (χ3v) is 11.1. The molecule has 0 bridgehead atoms. The van der Waals surface area contributed by atoms with E-state index in [9.17, 15) is 5.11 Å². The first-order valence-corrected chi connectivity index (χ1v) is 13.4. The average molecular weight is 415 g/mol. The van der Waals surface area contributed by atoms with Crippen LogP contribution in [0, 0.1) is 51.8 Å². The van der Waals surface area contributed by atoms with Crippen molar-refractivity contribution < 1.29 is 5.11 Å². The van der Waals surface area contributed by atoms with Crippen LogP contribution in [0.2, 0.25) is 0 Å². The average Bonchev–Trinajstić information content (AvgIpc) is 3.02. The fourth-order valence-electron chi connectivity index (χ4n) is 9.41. The molecule has 0 radical (unpaired) electrons. The van der Waals surface area contributed by atoms with Gasteiger partial charge < -0.3 is 5.11 Å². The normalized spacial score (nSPS) is 46.0. The monoisotopic (exact) mass is 414 g/mol. The molecule has 3 fully saturated rings. The first-order chi connectivity index (χ1) is 14.0. The second-order valence-corrected chi connectivity index (χ2v) is 13.5. The number of aliphatic hydroxyl groups is 1. The summed E-state index contributed by atoms with van der Waals surface area (Å²) in [6, 6.07) is 0. The molecule has 0 aliphatic heterocycles. The van der Waals surface area contributed by atoms with Gasteiger partial charge in [0, 0.05) is 5.41 Å². The van der Waals surface area contributed by atoms with Gasteiger partial charge in [-0.25, -0.2) is 0 Å². The van der Waals surface area contributed by atoms with E-state index in [1.54, 1.807) is 5.57 Å². The van der Waals surface area contributed by atoms with Gasteiger partial charge >= 0.3 is 0 Å². The molecule has 172 valence electrons. The van der Waals surface area contributed by atoms with E-state index in [1.807, 2.05) is 0 Å². The summed E-state index contributed by atoms with van der Waals surface area (Å²) in [5, 5.41) is 10.7. The quantitative estimate of drug-likeness (QED) is 0.451. The van der Waals surface area contributed by atoms with Crippen LogP contribution in [-0.4, -0.2) is 11.2 Å². The van der Waals surface area contributed by atoms with Crippen LogP contribution < -0.4 is 0 Å². The van der Waals surface area contributed by atoms with E-state index in [0.717, 1.165) is 41.9 Å². The first-order valence-electron chi connectivity index (χ1n) is 13.4. The number of aliphatic hydroxyl groups excluding tert-OH is 1. The van der Waals surface area contributed by atoms with Crippen LogP contribution in [0.3, 0.4) is 0 Å². The number of fused-ring (bicyclic) bond motifs is 5. The van der Waals surface area contributed by atoms with Crippen LogP contribution in [-0.2, 0) is 0 Å². The summed E-state index contributed by atoms with van der Waals surface area (Å²) in [5.41, 5.74) is 2.47. The molecule has 4 rings (SSSR count). The lowest BCUT2D eigenvalue weighted by atomic mass is 9.44. The van der Waals surface area contributed by atoms with Crippen molar-refractivity contribution >= 4 is 0 Å². The minimum atomic E-state index is -0.162. The maximum Gasteiger partial charge on any atom is 0.0628 e. The van der Waals surface area contributed by atoms with E-state index in [0.29, 0.717) is 10.8 Å². The van der Waals surface area contributed by atoms with Gasteiger partial charge in [-0.2, -0.15) is 0 Å². The van der Waals surface area contributed by atoms with Gasteiger partial charge in [0.15, 0.2) is 0 Å². The van der Waals surface area contributed by atoms with Crippen molar-refractivity contribution in [1.29, 1.82) is 0 Å². The fourth-order valence-corrected chi connectivity index (χ4v) is 9.41. The molecule has 1 nitrogen and oxygen atoms in total. The Bertz CT molecular complexity index is 659. The summed E-state index contributed by atoms with van der Waals surface area (Å²) in [6.45, 7) is 17.2. The first kappa shape index (κ1) is 22.9. The molecule has 0 amide bonds. The molecule has 1 N–H and O–H groups in total. The Morgan fingerprint density at radius 2 is 1.67 bits per heavy atom. The zero-order chi connectivity index (χ0) is 21.9. The molecular weight excluding hydrogens is 364 g/mol. The molecule has 0 saturated heterocycles. The SMILES string of the molecule is CC(C)CCC[C@H](C)[C@@H]1CC[C@@H]2[C@H]3CC=C4C(C)(C)[C@@H](O)CC[C@]4(C)[C@@H]3CC[C@@]21C. The molecule has 0 aromatic carbocycles. The van der Waals surface area contributed by atoms with Gasteiger partial charge in [0.2, 0.25) is 0 Å². The molecule has 3 saturated carbocycles. The molecule has 0 unspecified atom stereocenters. The Morgan fingerprint density at radius 3 is 2.37 bits per heavy atom. The van der Waals surface area contributed by atoms with Gasteiger partial charge in [-0.05, 0) is 91.3 Å². The van der Waals surface area contributed by atoms with Gasteiger partial charge in [0.05, 0.1) is 6.10 Å². The third-order valence-electron chi connectivity index (χ3n) is 11.1. The molecule has 30 heavy (non-hydrogen) atoms. The Labute approximate surface area is 187 Å². The van der Waals surface area contributed by atoms with Crippen molar-refractivity contribution in [2.75, 3.05) is 0 Å². The topological polar surface area (TPSA) is 20.2 Å². The summed E-state index contributed by atoms with van der Waals surface area (Å²) in [4.78, 5) is 0. The van der Waals surface area contributed by atoms with Crippen LogP contribution >= 0.6 is 0 Å². The highest BCUT2D eigenvalue weighted by molar-refractivity contribution is 5.31. The molecule has 4 aliphatic carbocycles. The Hall–Kier alpha value is -0.300. The van der Waals surface area contributed by atoms with Gasteiger partial charge in [-0.15, -0.1) is 0 Å². The summed E-state index contributed by atoms with van der Waals surface area (Å²) < 4.78 is 0. The predicted molar refractivity (Wildman–Crippen MR) is 128 cm³/mol. The standard InChI is InChI=1S/C29H50O/c1-19(2)9-8-10-20(3)22-12-13-23-21-11-14-25-27(4,5)26(30)16-18-29(25,7)24(21)15-17-28(22,23)6/h14,19-24,26,30H,8-13,15-18H2,1-7H3/t20-,21+,22-,23+,24+,26-,28+,29+/m0/s1. The summed E-state index contributed by atoms with van der Waals surface area (Å²) >= 11 is 0. The van der Waals surface area contributed by atoms with E-state index < -0.39 is 0 Å². The fraction of sp³-hybridized carbons (Fsp3) is 0.931. The van der Waals surface area contributed by atoms with Crippen LogP contribution in [0.25, 0.3) is 0 Å². The van der Waals surface area contributed by atoms with Gasteiger partial charge in [-0.1, -0.05) is 79.4 Å². The zero-order valence-corrected chi connectivity index (χ0v) is 21.1. The van der Waals surface area contributed by atoms with Gasteiger partial charge in [-0.3, -0.25) is 0 Å². The Balaban J connectivity index is 1.54. The van der Waals surface area contributed by atoms with Crippen molar-refractivity contribution in [2.24, 2.45) is 51.8 Å². The minimum Gasteiger partial charge on any atom is -0.392 e. The van der Waals surface area contributed by atoms with E-state index >= 15 is 0 Å². The summed E-state index contributed by atoms with van der Waals surface area (Å²) in [7, 11) is 0. The second kappa shape index (κ2) is 7.93. The lowest BCUT2D eigenvalue weighted by Crippen LogP contribution is -2.54. The lowest BCUT2D eigenvalue weighted by molar-refractivity contribution is -0.0782. The van der Waals surface area contributed by atoms with E-state index in [-0.39, 0.29) is 11.5 Å². The third kappa shape index (κ3) is 3.45. The maximum atomic E-state index is 10.7. The smallest absolute Gasteiger partial charge is 0.0628 e. The molecule has 8 atom stereocenters. The predicted octanol–water partition coefficient (Wildman–Crippen LogP) is 8.02. The Morgan fingerprint density at radius 1 is 0.933 bits per heavy atom. The second-order valence-electron chi connectivity index (χ2n) is 13.5. The number of hydrogen-bond donors (Lipinski definition) is 1. The number of allylic oxidation sites excluding steroid dienone is 1. The zero-order valence-electron chi connectivity index (χ0n) is 21.1. The largest absolute Gasteiger partial charge is 0.392 e. The summed E-state index contributed by atoms with van der Waals surface area (Å²) in [6.07, 6.45) is 16.0. The molecule has 0 aromatic heterocycles. The van der Waals surface area contributed by atoms with Crippen LogP contribution in [0.1, 0.15) is 113 Å². The number of rotatable bonds is 5. The highest BCUT2D eigenvalue weighted by atomic mass is 16.3. The minimum absolute atomic E-state index is 0.0398. The van der Waals surface area contributed by atoms with Crippen LogP contribution in [0.15, 0.2) is 11.6 Å². The van der Waals surface area contributed by atoms with E-state index in [1.165, 1.54) is 57.8 Å². The molecule has 0 spiro atoms. The molecule has 4 aliphatic rings. The maximum absolute atomic E-state index is 10.7. The van der Waals surface area contributed by atoms with Crippen molar-refractivity contribution in [1.82, 2.24) is 0 Å². The summed E-state index contributed by atoms with van der Waals surface area (Å²) in [5.74, 6) is 5.34. The van der Waals surface area contributed by atoms with E-state index in [2.05, 4.69) is 54.5 Å². The van der Waals surface area contributed by atoms with Crippen LogP contribution in [0.4, 0.5) is 0 Å². The Kier molecular flexibility index (Phi) is 6.05. The van der Waals surface area contributed by atoms with Gasteiger partial charge in [0.1, 0.15) is 0 Å². The molecule has 1 heteroatoms. The number of hydrogen-bond acceptors (Lipinski definition) is 1. The molecule has 0 heterocycles.